The molecule has 1 aliphatic carbocycles. The van der Waals surface area contributed by atoms with Gasteiger partial charge in [0, 0.05) is 31.2 Å². The minimum atomic E-state index is -0.100. The van der Waals surface area contributed by atoms with Crippen molar-refractivity contribution in [2.75, 3.05) is 5.32 Å². The van der Waals surface area contributed by atoms with Crippen LogP contribution in [0.5, 0.6) is 0 Å². The lowest BCUT2D eigenvalue weighted by Crippen LogP contribution is -2.39. The Kier molecular flexibility index (Phi) is 4.98. The maximum Gasteiger partial charge on any atom is 0.256 e. The molecule has 3 aromatic rings. The van der Waals surface area contributed by atoms with Crippen molar-refractivity contribution in [1.29, 1.82) is 0 Å². The van der Waals surface area contributed by atoms with Crippen LogP contribution < -0.4 is 10.6 Å². The van der Waals surface area contributed by atoms with Crippen molar-refractivity contribution in [3.05, 3.63) is 54.1 Å². The fourth-order valence-electron chi connectivity index (χ4n) is 3.63. The Morgan fingerprint density at radius 2 is 2.07 bits per heavy atom. The minimum absolute atomic E-state index is 0.100. The van der Waals surface area contributed by atoms with Crippen molar-refractivity contribution in [1.82, 2.24) is 24.9 Å². The average molecular weight is 378 g/mol. The smallest absolute Gasteiger partial charge is 0.256 e. The van der Waals surface area contributed by atoms with Gasteiger partial charge in [0.2, 0.25) is 0 Å². The van der Waals surface area contributed by atoms with Gasteiger partial charge >= 0.3 is 0 Å². The number of anilines is 1. The number of carbonyl (C=O) groups is 1. The van der Waals surface area contributed by atoms with Gasteiger partial charge in [-0.05, 0) is 48.8 Å². The molecule has 1 amide bonds. The van der Waals surface area contributed by atoms with Gasteiger partial charge in [-0.1, -0.05) is 19.9 Å². The quantitative estimate of drug-likeness (QED) is 0.710. The molecular weight excluding hydrogens is 352 g/mol. The van der Waals surface area contributed by atoms with Crippen LogP contribution in [0.3, 0.4) is 0 Å². The third-order valence-corrected chi connectivity index (χ3v) is 5.48. The predicted molar refractivity (Wildman–Crippen MR) is 108 cm³/mol. The molecule has 0 atom stereocenters. The zero-order valence-electron chi connectivity index (χ0n) is 16.4. The second-order valence-corrected chi connectivity index (χ2v) is 8.27. The van der Waals surface area contributed by atoms with Crippen molar-refractivity contribution in [3.8, 4) is 0 Å². The van der Waals surface area contributed by atoms with E-state index in [2.05, 4.69) is 39.5 Å². The molecule has 0 unspecified atom stereocenters. The third kappa shape index (κ3) is 4.13. The summed E-state index contributed by atoms with van der Waals surface area (Å²) in [5, 5.41) is 10.7. The lowest BCUT2D eigenvalue weighted by Gasteiger charge is -2.34. The largest absolute Gasteiger partial charge is 0.366 e. The number of aromatic nitrogens is 4. The zero-order chi connectivity index (χ0) is 19.6. The van der Waals surface area contributed by atoms with Crippen molar-refractivity contribution in [3.63, 3.8) is 0 Å². The molecule has 0 aliphatic heterocycles. The highest BCUT2D eigenvalue weighted by atomic mass is 16.1. The molecule has 1 saturated carbocycles. The fraction of sp³-hybridized carbons (Fsp3) is 0.429. The molecule has 146 valence electrons. The van der Waals surface area contributed by atoms with E-state index < -0.39 is 0 Å². The molecule has 0 radical (unpaired) electrons. The van der Waals surface area contributed by atoms with E-state index >= 15 is 0 Å². The van der Waals surface area contributed by atoms with E-state index in [9.17, 15) is 4.79 Å². The van der Waals surface area contributed by atoms with E-state index in [1.807, 2.05) is 30.6 Å². The van der Waals surface area contributed by atoms with Crippen LogP contribution >= 0.6 is 0 Å². The Labute approximate surface area is 164 Å². The lowest BCUT2D eigenvalue weighted by molar-refractivity contribution is 0.0910. The fourth-order valence-corrected chi connectivity index (χ4v) is 3.63. The monoisotopic (exact) mass is 378 g/mol. The number of carbonyl (C=O) groups excluding carboxylic acids is 1. The molecular formula is C21H26N6O. The first kappa shape index (κ1) is 18.4. The van der Waals surface area contributed by atoms with Gasteiger partial charge < -0.3 is 10.6 Å². The van der Waals surface area contributed by atoms with Crippen LogP contribution in [0, 0.1) is 5.41 Å². The summed E-state index contributed by atoms with van der Waals surface area (Å²) >= 11 is 0. The van der Waals surface area contributed by atoms with Crippen molar-refractivity contribution in [2.24, 2.45) is 5.41 Å². The van der Waals surface area contributed by atoms with E-state index in [4.69, 9.17) is 0 Å². The van der Waals surface area contributed by atoms with Crippen LogP contribution in [-0.2, 0) is 6.54 Å². The highest BCUT2D eigenvalue weighted by Crippen LogP contribution is 2.35. The standard InChI is InChI=1S/C21H26N6O/c1-21(2)8-5-16(6-9-21)25-20(28)17-14-24-27-11-7-18(26-19(17)27)23-13-15-4-3-10-22-12-15/h3-4,7,10-12,14,16H,5-6,8-9,13H2,1-2H3,(H,23,26)(H,25,28). The summed E-state index contributed by atoms with van der Waals surface area (Å²) < 4.78 is 1.63. The van der Waals surface area contributed by atoms with Crippen molar-refractivity contribution in [2.45, 2.75) is 52.1 Å². The normalized spacial score (nSPS) is 16.8. The molecule has 0 aromatic carbocycles. The number of rotatable bonds is 5. The maximum absolute atomic E-state index is 12.8. The summed E-state index contributed by atoms with van der Waals surface area (Å²) in [7, 11) is 0. The second kappa shape index (κ2) is 7.58. The third-order valence-electron chi connectivity index (χ3n) is 5.48. The highest BCUT2D eigenvalue weighted by Gasteiger charge is 2.28. The van der Waals surface area contributed by atoms with Gasteiger partial charge in [-0.25, -0.2) is 9.50 Å². The van der Waals surface area contributed by atoms with Gasteiger partial charge in [-0.3, -0.25) is 9.78 Å². The van der Waals surface area contributed by atoms with Gasteiger partial charge in [0.25, 0.3) is 5.91 Å². The molecule has 0 saturated heterocycles. The summed E-state index contributed by atoms with van der Waals surface area (Å²) in [6, 6.07) is 5.98. The van der Waals surface area contributed by atoms with E-state index in [0.717, 1.165) is 31.2 Å². The number of pyridine rings is 1. The molecule has 1 fully saturated rings. The van der Waals surface area contributed by atoms with Gasteiger partial charge in [-0.15, -0.1) is 0 Å². The first-order valence-corrected chi connectivity index (χ1v) is 9.78. The molecule has 0 bridgehead atoms. The average Bonchev–Trinajstić information content (AvgIpc) is 3.12. The summed E-state index contributed by atoms with van der Waals surface area (Å²) in [5.41, 5.74) is 2.51. The minimum Gasteiger partial charge on any atom is -0.366 e. The second-order valence-electron chi connectivity index (χ2n) is 8.27. The molecule has 28 heavy (non-hydrogen) atoms. The first-order valence-electron chi connectivity index (χ1n) is 9.78. The summed E-state index contributed by atoms with van der Waals surface area (Å²) in [6.45, 7) is 5.20. The molecule has 7 nitrogen and oxygen atoms in total. The SMILES string of the molecule is CC1(C)CCC(NC(=O)c2cnn3ccc(NCc4cccnc4)nc23)CC1. The lowest BCUT2D eigenvalue weighted by atomic mass is 9.75. The Morgan fingerprint density at radius 1 is 1.25 bits per heavy atom. The summed E-state index contributed by atoms with van der Waals surface area (Å²) in [6.07, 6.45) is 11.3. The Balaban J connectivity index is 1.46. The van der Waals surface area contributed by atoms with Crippen LogP contribution in [0.2, 0.25) is 0 Å². The van der Waals surface area contributed by atoms with E-state index in [-0.39, 0.29) is 11.9 Å². The summed E-state index contributed by atoms with van der Waals surface area (Å²) in [4.78, 5) is 21.5. The Hall–Kier alpha value is -2.96. The zero-order valence-corrected chi connectivity index (χ0v) is 16.4. The van der Waals surface area contributed by atoms with Crippen LogP contribution in [0.1, 0.15) is 55.5 Å². The van der Waals surface area contributed by atoms with E-state index in [1.54, 1.807) is 16.9 Å². The van der Waals surface area contributed by atoms with E-state index in [0.29, 0.717) is 29.0 Å². The van der Waals surface area contributed by atoms with Gasteiger partial charge in [0.15, 0.2) is 5.65 Å². The van der Waals surface area contributed by atoms with Crippen molar-refractivity contribution >= 4 is 17.4 Å². The Morgan fingerprint density at radius 3 is 2.82 bits per heavy atom. The molecule has 0 spiro atoms. The Bertz CT molecular complexity index is 955. The number of nitrogens with zero attached hydrogens (tertiary/aromatic N) is 4. The van der Waals surface area contributed by atoms with E-state index in [1.165, 1.54) is 0 Å². The summed E-state index contributed by atoms with van der Waals surface area (Å²) in [5.74, 6) is 0.599. The van der Waals surface area contributed by atoms with Gasteiger partial charge in [0.05, 0.1) is 6.20 Å². The van der Waals surface area contributed by atoms with Gasteiger partial charge in [-0.2, -0.15) is 5.10 Å². The molecule has 3 aromatic heterocycles. The molecule has 7 heteroatoms. The molecule has 3 heterocycles. The van der Waals surface area contributed by atoms with Crippen LogP contribution in [-0.4, -0.2) is 31.5 Å². The molecule has 4 rings (SSSR count). The number of amides is 1. The van der Waals surface area contributed by atoms with Crippen LogP contribution in [0.4, 0.5) is 5.82 Å². The molecule has 2 N–H and O–H groups in total. The predicted octanol–water partition coefficient (Wildman–Crippen LogP) is 3.44. The number of fused-ring (bicyclic) bond motifs is 1. The first-order chi connectivity index (χ1) is 13.5. The highest BCUT2D eigenvalue weighted by molar-refractivity contribution is 5.99. The van der Waals surface area contributed by atoms with Crippen molar-refractivity contribution < 1.29 is 4.79 Å². The number of hydrogen-bond acceptors (Lipinski definition) is 5. The number of hydrogen-bond donors (Lipinski definition) is 2. The number of nitrogens with one attached hydrogen (secondary N) is 2. The van der Waals surface area contributed by atoms with Gasteiger partial charge in [0.1, 0.15) is 11.4 Å². The van der Waals surface area contributed by atoms with Crippen LogP contribution in [0.15, 0.2) is 43.0 Å². The maximum atomic E-state index is 12.8. The topological polar surface area (TPSA) is 84.2 Å². The van der Waals surface area contributed by atoms with Crippen LogP contribution in [0.25, 0.3) is 5.65 Å². The molecule has 1 aliphatic rings.